The Kier molecular flexibility index (Phi) is 3.45. The Labute approximate surface area is 137 Å². The molecule has 2 aliphatic rings. The number of nitrogens with zero attached hydrogens (tertiary/aromatic N) is 2. The van der Waals surface area contributed by atoms with Crippen LogP contribution in [0.3, 0.4) is 0 Å². The molecule has 2 bridgehead atoms. The van der Waals surface area contributed by atoms with Gasteiger partial charge in [-0.05, 0) is 38.0 Å². The van der Waals surface area contributed by atoms with Gasteiger partial charge in [0.05, 0.1) is 28.2 Å². The number of nitrogens with one attached hydrogen (secondary N) is 1. The van der Waals surface area contributed by atoms with E-state index in [1.807, 2.05) is 20.8 Å². The monoisotopic (exact) mass is 339 g/mol. The van der Waals surface area contributed by atoms with Crippen LogP contribution in [-0.2, 0) is 21.9 Å². The van der Waals surface area contributed by atoms with Gasteiger partial charge in [-0.3, -0.25) is 14.2 Å². The van der Waals surface area contributed by atoms with Crippen molar-refractivity contribution < 1.29 is 13.2 Å². The smallest absolute Gasteiger partial charge is 0.233 e. The van der Waals surface area contributed by atoms with E-state index in [1.165, 1.54) is 0 Å². The summed E-state index contributed by atoms with van der Waals surface area (Å²) in [6.07, 6.45) is 2.14. The number of aryl methyl sites for hydroxylation is 2. The highest BCUT2D eigenvalue weighted by atomic mass is 32.2. The molecule has 6 nitrogen and oxygen atoms in total. The summed E-state index contributed by atoms with van der Waals surface area (Å²) in [6.45, 7) is 7.70. The first-order valence-corrected chi connectivity index (χ1v) is 9.69. The van der Waals surface area contributed by atoms with Crippen LogP contribution < -0.4 is 4.72 Å². The van der Waals surface area contributed by atoms with E-state index >= 15 is 0 Å². The second kappa shape index (κ2) is 4.82. The summed E-state index contributed by atoms with van der Waals surface area (Å²) in [7, 11) is -1.84. The zero-order valence-electron chi connectivity index (χ0n) is 14.4. The van der Waals surface area contributed by atoms with E-state index in [2.05, 4.69) is 9.82 Å². The van der Waals surface area contributed by atoms with Crippen molar-refractivity contribution in [2.45, 2.75) is 47.0 Å². The van der Waals surface area contributed by atoms with Crippen LogP contribution in [0.15, 0.2) is 0 Å². The van der Waals surface area contributed by atoms with Gasteiger partial charge in [0.25, 0.3) is 0 Å². The van der Waals surface area contributed by atoms with Gasteiger partial charge in [-0.25, -0.2) is 8.42 Å². The maximum Gasteiger partial charge on any atom is 0.233 e. The van der Waals surface area contributed by atoms with Crippen LogP contribution in [0.2, 0.25) is 0 Å². The van der Waals surface area contributed by atoms with Crippen molar-refractivity contribution in [3.05, 3.63) is 11.4 Å². The molecule has 1 N–H and O–H groups in total. The molecule has 3 rings (SSSR count). The summed E-state index contributed by atoms with van der Waals surface area (Å²) in [6, 6.07) is 0. The van der Waals surface area contributed by atoms with Gasteiger partial charge >= 0.3 is 0 Å². The predicted molar refractivity (Wildman–Crippen MR) is 88.7 cm³/mol. The number of hydrogen-bond acceptors (Lipinski definition) is 4. The molecule has 2 aliphatic carbocycles. The van der Waals surface area contributed by atoms with E-state index < -0.39 is 15.4 Å². The Hall–Kier alpha value is -1.37. The summed E-state index contributed by atoms with van der Waals surface area (Å²) in [4.78, 5) is 12.5. The number of sulfonamides is 1. The highest BCUT2D eigenvalue weighted by Crippen LogP contribution is 2.64. The van der Waals surface area contributed by atoms with Crippen LogP contribution in [0.5, 0.6) is 0 Å². The molecule has 0 radical (unpaired) electrons. The summed E-state index contributed by atoms with van der Waals surface area (Å²) in [5.41, 5.74) is 0.949. The second-order valence-electron chi connectivity index (χ2n) is 7.70. The van der Waals surface area contributed by atoms with Gasteiger partial charge in [0.15, 0.2) is 0 Å². The fourth-order valence-corrected chi connectivity index (χ4v) is 6.55. The lowest BCUT2D eigenvalue weighted by Gasteiger charge is -2.36. The van der Waals surface area contributed by atoms with Crippen molar-refractivity contribution in [1.29, 1.82) is 0 Å². The number of aromatic nitrogens is 2. The van der Waals surface area contributed by atoms with E-state index in [4.69, 9.17) is 0 Å². The van der Waals surface area contributed by atoms with E-state index in [-0.39, 0.29) is 17.0 Å². The van der Waals surface area contributed by atoms with Gasteiger partial charge in [-0.2, -0.15) is 5.10 Å². The number of anilines is 1. The molecule has 0 amide bonds. The maximum absolute atomic E-state index is 12.8. The van der Waals surface area contributed by atoms with Crippen LogP contribution in [0.1, 0.15) is 44.5 Å². The number of fused-ring (bicyclic) bond motifs is 2. The van der Waals surface area contributed by atoms with Gasteiger partial charge in [0, 0.05) is 13.5 Å². The molecule has 128 valence electrons. The van der Waals surface area contributed by atoms with Crippen molar-refractivity contribution in [3.63, 3.8) is 0 Å². The minimum Gasteiger partial charge on any atom is -0.299 e. The molecular weight excluding hydrogens is 314 g/mol. The van der Waals surface area contributed by atoms with Crippen molar-refractivity contribution in [2.75, 3.05) is 10.5 Å². The Morgan fingerprint density at radius 1 is 1.35 bits per heavy atom. The first-order chi connectivity index (χ1) is 10.5. The average Bonchev–Trinajstić information content (AvgIpc) is 2.87. The van der Waals surface area contributed by atoms with Gasteiger partial charge in [0.2, 0.25) is 10.0 Å². The largest absolute Gasteiger partial charge is 0.299 e. The normalized spacial score (nSPS) is 29.3. The SMILES string of the molecule is Cc1nn(C)c(C)c1NS(=O)(=O)CC12CC[C@@H](CC1=O)C2(C)C. The molecule has 1 aromatic rings. The van der Waals surface area contributed by atoms with E-state index in [0.717, 1.165) is 12.1 Å². The summed E-state index contributed by atoms with van der Waals surface area (Å²) < 4.78 is 29.9. The molecule has 0 aromatic carbocycles. The lowest BCUT2D eigenvalue weighted by Crippen LogP contribution is -2.43. The number of ketones is 1. The molecule has 2 fully saturated rings. The van der Waals surface area contributed by atoms with Crippen LogP contribution in [0, 0.1) is 30.6 Å². The molecule has 23 heavy (non-hydrogen) atoms. The molecule has 0 aliphatic heterocycles. The van der Waals surface area contributed by atoms with Gasteiger partial charge in [-0.1, -0.05) is 13.8 Å². The third kappa shape index (κ3) is 2.23. The van der Waals surface area contributed by atoms with Crippen molar-refractivity contribution in [2.24, 2.45) is 23.8 Å². The molecule has 0 saturated heterocycles. The molecule has 1 heterocycles. The molecule has 1 aromatic heterocycles. The second-order valence-corrected chi connectivity index (χ2v) is 9.42. The Balaban J connectivity index is 1.91. The number of carbonyl (C=O) groups excluding carboxylic acids is 1. The van der Waals surface area contributed by atoms with Crippen LogP contribution in [-0.4, -0.2) is 29.7 Å². The first-order valence-electron chi connectivity index (χ1n) is 8.04. The quantitative estimate of drug-likeness (QED) is 0.911. The van der Waals surface area contributed by atoms with Crippen molar-refractivity contribution >= 4 is 21.5 Å². The molecule has 0 spiro atoms. The fraction of sp³-hybridized carbons (Fsp3) is 0.750. The zero-order chi connectivity index (χ0) is 17.2. The third-order valence-electron chi connectivity index (χ3n) is 6.34. The van der Waals surface area contributed by atoms with E-state index in [1.54, 1.807) is 18.7 Å². The Morgan fingerprint density at radius 3 is 2.43 bits per heavy atom. The van der Waals surface area contributed by atoms with Crippen molar-refractivity contribution in [3.8, 4) is 0 Å². The Bertz CT molecular complexity index is 779. The molecule has 1 unspecified atom stereocenters. The van der Waals surface area contributed by atoms with Gasteiger partial charge in [0.1, 0.15) is 5.78 Å². The number of Topliss-reactive ketones (excluding diaryl/α,β-unsaturated/α-hetero) is 1. The first kappa shape index (κ1) is 16.5. The van der Waals surface area contributed by atoms with E-state index in [0.29, 0.717) is 30.1 Å². The standard InChI is InChI=1S/C16H25N3O3S/c1-10-14(11(2)19(5)17-10)18-23(21,22)9-16-7-6-12(8-13(16)20)15(16,3)4/h12,18H,6-9H2,1-5H3/t12-,16?/m0/s1. The summed E-state index contributed by atoms with van der Waals surface area (Å²) >= 11 is 0. The predicted octanol–water partition coefficient (Wildman–Crippen LogP) is 2.17. The van der Waals surface area contributed by atoms with Crippen LogP contribution in [0.4, 0.5) is 5.69 Å². The highest BCUT2D eigenvalue weighted by Gasteiger charge is 2.65. The number of hydrogen-bond donors (Lipinski definition) is 1. The fourth-order valence-electron chi connectivity index (χ4n) is 4.55. The van der Waals surface area contributed by atoms with Gasteiger partial charge < -0.3 is 0 Å². The van der Waals surface area contributed by atoms with Crippen LogP contribution >= 0.6 is 0 Å². The van der Waals surface area contributed by atoms with E-state index in [9.17, 15) is 13.2 Å². The lowest BCUT2D eigenvalue weighted by atomic mass is 9.70. The minimum absolute atomic E-state index is 0.115. The average molecular weight is 339 g/mol. The number of carbonyl (C=O) groups is 1. The van der Waals surface area contributed by atoms with Crippen LogP contribution in [0.25, 0.3) is 0 Å². The minimum atomic E-state index is -3.62. The lowest BCUT2D eigenvalue weighted by molar-refractivity contribution is -0.128. The molecular formula is C16H25N3O3S. The highest BCUT2D eigenvalue weighted by molar-refractivity contribution is 7.92. The summed E-state index contributed by atoms with van der Waals surface area (Å²) in [5.74, 6) is 0.298. The number of rotatable bonds is 4. The van der Waals surface area contributed by atoms with Crippen molar-refractivity contribution in [1.82, 2.24) is 9.78 Å². The molecule has 2 atom stereocenters. The maximum atomic E-state index is 12.8. The zero-order valence-corrected chi connectivity index (χ0v) is 15.2. The third-order valence-corrected chi connectivity index (χ3v) is 7.73. The Morgan fingerprint density at radius 2 is 2.00 bits per heavy atom. The topological polar surface area (TPSA) is 81.1 Å². The molecule has 2 saturated carbocycles. The van der Waals surface area contributed by atoms with Gasteiger partial charge in [-0.15, -0.1) is 0 Å². The summed E-state index contributed by atoms with van der Waals surface area (Å²) in [5, 5.41) is 4.24. The molecule has 7 heteroatoms.